The van der Waals surface area contributed by atoms with Crippen LogP contribution in [0.15, 0.2) is 47.1 Å². The third kappa shape index (κ3) is 2.97. The molecule has 6 nitrogen and oxygen atoms in total. The largest absolute Gasteiger partial charge is 0.494 e. The van der Waals surface area contributed by atoms with Crippen molar-refractivity contribution in [2.45, 2.75) is 18.9 Å². The second kappa shape index (κ2) is 6.35. The van der Waals surface area contributed by atoms with Gasteiger partial charge in [-0.1, -0.05) is 0 Å². The minimum atomic E-state index is -1.18. The number of hydrogen-bond donors (Lipinski definition) is 1. The first kappa shape index (κ1) is 16.0. The summed E-state index contributed by atoms with van der Waals surface area (Å²) in [6.07, 6.45) is 1.92. The maximum atomic E-state index is 12.8. The van der Waals surface area contributed by atoms with Crippen molar-refractivity contribution in [1.82, 2.24) is 10.2 Å². The molecule has 1 saturated heterocycles. The number of nitrogens with zero attached hydrogens (tertiary/aromatic N) is 1. The van der Waals surface area contributed by atoms with Crippen LogP contribution in [0.5, 0.6) is 5.75 Å². The maximum Gasteiger partial charge on any atom is 0.325 e. The molecule has 0 bridgehead atoms. The van der Waals surface area contributed by atoms with Crippen LogP contribution in [0.1, 0.15) is 19.1 Å². The summed E-state index contributed by atoms with van der Waals surface area (Å²) in [5.74, 6) is 0.239. The molecule has 1 aliphatic heterocycles. The Hall–Kier alpha value is -2.83. The lowest BCUT2D eigenvalue weighted by atomic mass is 9.99. The molecule has 24 heavy (non-hydrogen) atoms. The number of hydrogen-bond acceptors (Lipinski definition) is 4. The number of carbonyl (C=O) groups is 2. The highest BCUT2D eigenvalue weighted by atomic mass is 19.1. The van der Waals surface area contributed by atoms with Crippen LogP contribution in [-0.2, 0) is 10.3 Å². The van der Waals surface area contributed by atoms with E-state index < -0.39 is 11.6 Å². The Morgan fingerprint density at radius 3 is 2.67 bits per heavy atom. The molecular weight excluding hydrogens is 315 g/mol. The van der Waals surface area contributed by atoms with Crippen LogP contribution in [0.25, 0.3) is 0 Å². The highest BCUT2D eigenvalue weighted by Gasteiger charge is 2.50. The smallest absolute Gasteiger partial charge is 0.325 e. The summed E-state index contributed by atoms with van der Waals surface area (Å²) >= 11 is 0. The lowest BCUT2D eigenvalue weighted by molar-refractivity contribution is -0.131. The summed E-state index contributed by atoms with van der Waals surface area (Å²) in [6, 6.07) is 8.52. The van der Waals surface area contributed by atoms with Crippen molar-refractivity contribution >= 4 is 11.9 Å². The molecule has 0 spiro atoms. The van der Waals surface area contributed by atoms with Crippen LogP contribution in [-0.4, -0.2) is 30.0 Å². The number of benzene rings is 1. The highest BCUT2D eigenvalue weighted by molar-refractivity contribution is 6.06. The SMILES string of the molecule is C[C@@]1(c2ccco2)NC(=O)N(CCCOc2ccc(F)cc2)C1=O. The molecule has 1 aromatic carbocycles. The fourth-order valence-corrected chi connectivity index (χ4v) is 2.57. The molecule has 1 atom stereocenters. The third-order valence-corrected chi connectivity index (χ3v) is 3.90. The number of furan rings is 1. The molecule has 7 heteroatoms. The van der Waals surface area contributed by atoms with Gasteiger partial charge in [-0.05, 0) is 49.7 Å². The number of nitrogens with one attached hydrogen (secondary N) is 1. The molecule has 3 rings (SSSR count). The van der Waals surface area contributed by atoms with E-state index in [0.717, 1.165) is 4.90 Å². The molecule has 1 N–H and O–H groups in total. The van der Waals surface area contributed by atoms with Crippen LogP contribution in [0.4, 0.5) is 9.18 Å². The summed E-state index contributed by atoms with van der Waals surface area (Å²) in [6.45, 7) is 2.14. The van der Waals surface area contributed by atoms with Crippen LogP contribution in [0, 0.1) is 5.82 Å². The molecule has 0 aliphatic carbocycles. The molecule has 2 heterocycles. The van der Waals surface area contributed by atoms with E-state index in [0.29, 0.717) is 24.5 Å². The van der Waals surface area contributed by atoms with Crippen molar-refractivity contribution in [3.8, 4) is 5.75 Å². The van der Waals surface area contributed by atoms with E-state index >= 15 is 0 Å². The van der Waals surface area contributed by atoms with Crippen LogP contribution < -0.4 is 10.1 Å². The molecule has 0 saturated carbocycles. The molecule has 2 aromatic rings. The molecular formula is C17H17FN2O4. The number of rotatable bonds is 6. The first-order chi connectivity index (χ1) is 11.5. The Bertz CT molecular complexity index is 730. The van der Waals surface area contributed by atoms with Gasteiger partial charge in [-0.25, -0.2) is 9.18 Å². The standard InChI is InChI=1S/C17H17FN2O4/c1-17(14-4-2-10-24-14)15(21)20(16(22)19-17)9-3-11-23-13-7-5-12(18)6-8-13/h2,4-8,10H,3,9,11H2,1H3,(H,19,22)/t17-/m0/s1. The molecule has 1 aromatic heterocycles. The van der Waals surface area contributed by atoms with Gasteiger partial charge in [-0.2, -0.15) is 0 Å². The first-order valence-electron chi connectivity index (χ1n) is 7.57. The lowest BCUT2D eigenvalue weighted by Gasteiger charge is -2.19. The van der Waals surface area contributed by atoms with Crippen molar-refractivity contribution in [3.05, 3.63) is 54.2 Å². The van der Waals surface area contributed by atoms with Gasteiger partial charge in [0.1, 0.15) is 17.3 Å². The minimum Gasteiger partial charge on any atom is -0.494 e. The number of amides is 3. The Balaban J connectivity index is 1.55. The van der Waals surface area contributed by atoms with E-state index in [2.05, 4.69) is 5.32 Å². The minimum absolute atomic E-state index is 0.224. The zero-order valence-electron chi connectivity index (χ0n) is 13.1. The number of urea groups is 1. The van der Waals surface area contributed by atoms with Gasteiger partial charge >= 0.3 is 6.03 Å². The van der Waals surface area contributed by atoms with E-state index in [9.17, 15) is 14.0 Å². The van der Waals surface area contributed by atoms with Crippen LogP contribution >= 0.6 is 0 Å². The Labute approximate surface area is 138 Å². The highest BCUT2D eigenvalue weighted by Crippen LogP contribution is 2.29. The summed E-state index contributed by atoms with van der Waals surface area (Å²) in [7, 11) is 0. The quantitative estimate of drug-likeness (QED) is 0.652. The van der Waals surface area contributed by atoms with Crippen molar-refractivity contribution < 1.29 is 23.1 Å². The Kier molecular flexibility index (Phi) is 4.24. The predicted molar refractivity (Wildman–Crippen MR) is 82.8 cm³/mol. The van der Waals surface area contributed by atoms with Gasteiger partial charge in [0.05, 0.1) is 12.9 Å². The fourth-order valence-electron chi connectivity index (χ4n) is 2.57. The van der Waals surface area contributed by atoms with E-state index in [1.165, 1.54) is 30.5 Å². The summed E-state index contributed by atoms with van der Waals surface area (Å²) in [5, 5.41) is 2.66. The fraction of sp³-hybridized carbons (Fsp3) is 0.294. The summed E-state index contributed by atoms with van der Waals surface area (Å²) in [5.41, 5.74) is -1.18. The van der Waals surface area contributed by atoms with Gasteiger partial charge in [-0.3, -0.25) is 9.69 Å². The Morgan fingerprint density at radius 1 is 1.25 bits per heavy atom. The summed E-state index contributed by atoms with van der Waals surface area (Å²) in [4.78, 5) is 25.8. The van der Waals surface area contributed by atoms with E-state index in [4.69, 9.17) is 9.15 Å². The average Bonchev–Trinajstić information content (AvgIpc) is 3.17. The maximum absolute atomic E-state index is 12.8. The topological polar surface area (TPSA) is 71.8 Å². The van der Waals surface area contributed by atoms with E-state index in [1.807, 2.05) is 0 Å². The molecule has 0 radical (unpaired) electrons. The normalized spacial score (nSPS) is 20.3. The van der Waals surface area contributed by atoms with E-state index in [-0.39, 0.29) is 18.3 Å². The second-order valence-corrected chi connectivity index (χ2v) is 5.65. The van der Waals surface area contributed by atoms with E-state index in [1.54, 1.807) is 19.1 Å². The zero-order chi connectivity index (χ0) is 17.2. The number of carbonyl (C=O) groups excluding carboxylic acids is 2. The van der Waals surface area contributed by atoms with Gasteiger partial charge < -0.3 is 14.5 Å². The van der Waals surface area contributed by atoms with Gasteiger partial charge in [0.2, 0.25) is 0 Å². The number of imide groups is 1. The van der Waals surface area contributed by atoms with Gasteiger partial charge in [0, 0.05) is 6.54 Å². The molecule has 0 unspecified atom stereocenters. The first-order valence-corrected chi connectivity index (χ1v) is 7.57. The van der Waals surface area contributed by atoms with Crippen molar-refractivity contribution in [2.75, 3.05) is 13.2 Å². The predicted octanol–water partition coefficient (Wildman–Crippen LogP) is 2.65. The molecule has 126 valence electrons. The number of halogens is 1. The van der Waals surface area contributed by atoms with Crippen molar-refractivity contribution in [2.24, 2.45) is 0 Å². The number of ether oxygens (including phenoxy) is 1. The lowest BCUT2D eigenvalue weighted by Crippen LogP contribution is -2.40. The van der Waals surface area contributed by atoms with Crippen molar-refractivity contribution in [3.63, 3.8) is 0 Å². The third-order valence-electron chi connectivity index (χ3n) is 3.90. The molecule has 1 fully saturated rings. The zero-order valence-corrected chi connectivity index (χ0v) is 13.1. The Morgan fingerprint density at radius 2 is 2.00 bits per heavy atom. The van der Waals surface area contributed by atoms with Gasteiger partial charge in [-0.15, -0.1) is 0 Å². The second-order valence-electron chi connectivity index (χ2n) is 5.65. The van der Waals surface area contributed by atoms with Crippen molar-refractivity contribution in [1.29, 1.82) is 0 Å². The summed E-state index contributed by atoms with van der Waals surface area (Å²) < 4.78 is 23.5. The van der Waals surface area contributed by atoms with Crippen LogP contribution in [0.2, 0.25) is 0 Å². The van der Waals surface area contributed by atoms with Gasteiger partial charge in [0.15, 0.2) is 5.54 Å². The van der Waals surface area contributed by atoms with Gasteiger partial charge in [0.25, 0.3) is 5.91 Å². The molecule has 3 amide bonds. The van der Waals surface area contributed by atoms with Crippen LogP contribution in [0.3, 0.4) is 0 Å². The molecule has 1 aliphatic rings. The monoisotopic (exact) mass is 332 g/mol. The average molecular weight is 332 g/mol.